The van der Waals surface area contributed by atoms with Gasteiger partial charge in [-0.25, -0.2) is 4.79 Å². The SMILES string of the molecule is COC(=O)[C@](O)(CC(=O)Nc1ccccc1C)C(F)(F)F. The van der Waals surface area contributed by atoms with Crippen molar-refractivity contribution in [3.63, 3.8) is 0 Å². The molecule has 1 aromatic carbocycles. The first-order valence-electron chi connectivity index (χ1n) is 5.85. The van der Waals surface area contributed by atoms with Gasteiger partial charge in [0.25, 0.3) is 5.60 Å². The van der Waals surface area contributed by atoms with Gasteiger partial charge in [-0.3, -0.25) is 4.79 Å². The maximum Gasteiger partial charge on any atom is 0.428 e. The van der Waals surface area contributed by atoms with Crippen LogP contribution in [-0.4, -0.2) is 35.9 Å². The smallest absolute Gasteiger partial charge is 0.428 e. The van der Waals surface area contributed by atoms with Crippen molar-refractivity contribution in [1.82, 2.24) is 0 Å². The van der Waals surface area contributed by atoms with Crippen LogP contribution in [0.1, 0.15) is 12.0 Å². The Bertz CT molecular complexity index is 544. The van der Waals surface area contributed by atoms with E-state index in [1.165, 1.54) is 6.07 Å². The first kappa shape index (κ1) is 17.0. The third-order valence-corrected chi connectivity index (χ3v) is 2.83. The predicted molar refractivity (Wildman–Crippen MR) is 67.4 cm³/mol. The summed E-state index contributed by atoms with van der Waals surface area (Å²) in [5.41, 5.74) is -2.97. The van der Waals surface area contributed by atoms with Gasteiger partial charge in [0.1, 0.15) is 0 Å². The molecule has 2 N–H and O–H groups in total. The summed E-state index contributed by atoms with van der Waals surface area (Å²) in [7, 11) is 0.693. The van der Waals surface area contributed by atoms with Gasteiger partial charge in [0.15, 0.2) is 0 Å². The van der Waals surface area contributed by atoms with E-state index in [0.29, 0.717) is 12.7 Å². The largest absolute Gasteiger partial charge is 0.467 e. The quantitative estimate of drug-likeness (QED) is 0.832. The molecule has 0 spiro atoms. The molecule has 116 valence electrons. The summed E-state index contributed by atoms with van der Waals surface area (Å²) in [5, 5.41) is 11.7. The second-order valence-corrected chi connectivity index (χ2v) is 4.39. The van der Waals surface area contributed by atoms with Crippen molar-refractivity contribution in [3.8, 4) is 0 Å². The molecule has 0 aliphatic rings. The number of aliphatic hydroxyl groups is 1. The minimum absolute atomic E-state index is 0.289. The van der Waals surface area contributed by atoms with Crippen LogP contribution in [0, 0.1) is 6.92 Å². The second-order valence-electron chi connectivity index (χ2n) is 4.39. The molecule has 0 fully saturated rings. The van der Waals surface area contributed by atoms with Gasteiger partial charge in [0.05, 0.1) is 13.5 Å². The fourth-order valence-electron chi connectivity index (χ4n) is 1.60. The van der Waals surface area contributed by atoms with Crippen molar-refractivity contribution in [1.29, 1.82) is 0 Å². The molecule has 8 heteroatoms. The number of nitrogens with one attached hydrogen (secondary N) is 1. The van der Waals surface area contributed by atoms with Gasteiger partial charge in [-0.2, -0.15) is 13.2 Å². The number of hydrogen-bond acceptors (Lipinski definition) is 4. The van der Waals surface area contributed by atoms with E-state index < -0.39 is 30.1 Å². The fourth-order valence-corrected chi connectivity index (χ4v) is 1.60. The third kappa shape index (κ3) is 3.72. The Labute approximate surface area is 118 Å². The predicted octanol–water partition coefficient (Wildman–Crippen LogP) is 1.79. The van der Waals surface area contributed by atoms with Crippen LogP contribution in [0.5, 0.6) is 0 Å². The number of benzene rings is 1. The van der Waals surface area contributed by atoms with Gasteiger partial charge < -0.3 is 15.2 Å². The summed E-state index contributed by atoms with van der Waals surface area (Å²) in [6.45, 7) is 1.64. The number of amides is 1. The van der Waals surface area contributed by atoms with Crippen molar-refractivity contribution < 1.29 is 32.6 Å². The van der Waals surface area contributed by atoms with E-state index in [1.807, 2.05) is 0 Å². The average molecular weight is 305 g/mol. The van der Waals surface area contributed by atoms with Crippen LogP contribution in [0.4, 0.5) is 18.9 Å². The molecule has 0 unspecified atom stereocenters. The van der Waals surface area contributed by atoms with E-state index in [9.17, 15) is 27.9 Å². The first-order valence-corrected chi connectivity index (χ1v) is 5.85. The highest BCUT2D eigenvalue weighted by Gasteiger charge is 2.61. The van der Waals surface area contributed by atoms with Gasteiger partial charge in [0, 0.05) is 5.69 Å². The monoisotopic (exact) mass is 305 g/mol. The Kier molecular flexibility index (Phi) is 4.95. The fraction of sp³-hybridized carbons (Fsp3) is 0.385. The Morgan fingerprint density at radius 2 is 1.86 bits per heavy atom. The number of para-hydroxylation sites is 1. The molecular weight excluding hydrogens is 291 g/mol. The normalized spacial score (nSPS) is 14.2. The highest BCUT2D eigenvalue weighted by atomic mass is 19.4. The van der Waals surface area contributed by atoms with E-state index in [-0.39, 0.29) is 5.69 Å². The van der Waals surface area contributed by atoms with Crippen molar-refractivity contribution in [2.75, 3.05) is 12.4 Å². The molecule has 0 radical (unpaired) electrons. The lowest BCUT2D eigenvalue weighted by Crippen LogP contribution is -2.54. The van der Waals surface area contributed by atoms with Crippen molar-refractivity contribution in [2.24, 2.45) is 0 Å². The number of halogens is 3. The first-order chi connectivity index (χ1) is 9.61. The molecule has 1 aromatic rings. The van der Waals surface area contributed by atoms with Gasteiger partial charge >= 0.3 is 12.1 Å². The summed E-state index contributed by atoms with van der Waals surface area (Å²) in [6, 6.07) is 6.40. The van der Waals surface area contributed by atoms with Crippen LogP contribution in [0.25, 0.3) is 0 Å². The Morgan fingerprint density at radius 3 is 2.33 bits per heavy atom. The van der Waals surface area contributed by atoms with Crippen molar-refractivity contribution in [3.05, 3.63) is 29.8 Å². The zero-order chi connectivity index (χ0) is 16.3. The summed E-state index contributed by atoms with van der Waals surface area (Å²) in [4.78, 5) is 22.8. The molecule has 0 heterocycles. The molecule has 0 aliphatic heterocycles. The number of alkyl halides is 3. The lowest BCUT2D eigenvalue weighted by molar-refractivity contribution is -0.261. The van der Waals surface area contributed by atoms with E-state index >= 15 is 0 Å². The van der Waals surface area contributed by atoms with E-state index in [2.05, 4.69) is 10.1 Å². The van der Waals surface area contributed by atoms with Crippen molar-refractivity contribution in [2.45, 2.75) is 25.1 Å². The lowest BCUT2D eigenvalue weighted by atomic mass is 9.98. The maximum atomic E-state index is 12.8. The van der Waals surface area contributed by atoms with Gasteiger partial charge in [0.2, 0.25) is 5.91 Å². The Balaban J connectivity index is 2.93. The third-order valence-electron chi connectivity index (χ3n) is 2.83. The lowest BCUT2D eigenvalue weighted by Gasteiger charge is -2.27. The zero-order valence-corrected chi connectivity index (χ0v) is 11.3. The minimum atomic E-state index is -5.33. The van der Waals surface area contributed by atoms with E-state index in [4.69, 9.17) is 0 Å². The molecule has 0 aromatic heterocycles. The topological polar surface area (TPSA) is 75.6 Å². The summed E-state index contributed by atoms with van der Waals surface area (Å²) >= 11 is 0. The Hall–Kier alpha value is -2.09. The van der Waals surface area contributed by atoms with Crippen LogP contribution in [0.3, 0.4) is 0 Å². The number of carbonyl (C=O) groups is 2. The zero-order valence-electron chi connectivity index (χ0n) is 11.3. The van der Waals surface area contributed by atoms with Crippen LogP contribution in [0.2, 0.25) is 0 Å². The molecule has 1 amide bonds. The van der Waals surface area contributed by atoms with Gasteiger partial charge in [-0.1, -0.05) is 18.2 Å². The molecule has 0 saturated heterocycles. The number of aryl methyl sites for hydroxylation is 1. The minimum Gasteiger partial charge on any atom is -0.467 e. The molecule has 1 atom stereocenters. The maximum absolute atomic E-state index is 12.8. The van der Waals surface area contributed by atoms with E-state index in [0.717, 1.165) is 0 Å². The molecule has 0 bridgehead atoms. The standard InChI is InChI=1S/C13H14F3NO4/c1-8-5-3-4-6-9(8)17-10(18)7-12(20,11(19)21-2)13(14,15)16/h3-6,20H,7H2,1-2H3,(H,17,18)/t12-/m1/s1. The number of methoxy groups -OCH3 is 1. The van der Waals surface area contributed by atoms with Crippen LogP contribution in [0.15, 0.2) is 24.3 Å². The number of hydrogen-bond donors (Lipinski definition) is 2. The van der Waals surface area contributed by atoms with E-state index in [1.54, 1.807) is 25.1 Å². The number of carbonyl (C=O) groups excluding carboxylic acids is 2. The average Bonchev–Trinajstić information content (AvgIpc) is 2.39. The van der Waals surface area contributed by atoms with Crippen LogP contribution >= 0.6 is 0 Å². The highest BCUT2D eigenvalue weighted by Crippen LogP contribution is 2.34. The summed E-state index contributed by atoms with van der Waals surface area (Å²) in [6.07, 6.45) is -6.82. The second kappa shape index (κ2) is 6.13. The summed E-state index contributed by atoms with van der Waals surface area (Å²) < 4.78 is 42.3. The molecule has 5 nitrogen and oxygen atoms in total. The highest BCUT2D eigenvalue weighted by molar-refractivity contribution is 5.96. The molecular formula is C13H14F3NO4. The molecule has 21 heavy (non-hydrogen) atoms. The number of rotatable bonds is 4. The molecule has 1 rings (SSSR count). The number of esters is 1. The van der Waals surface area contributed by atoms with Crippen LogP contribution < -0.4 is 5.32 Å². The molecule has 0 saturated carbocycles. The van der Waals surface area contributed by atoms with Crippen molar-refractivity contribution >= 4 is 17.6 Å². The van der Waals surface area contributed by atoms with Crippen LogP contribution in [-0.2, 0) is 14.3 Å². The number of anilines is 1. The van der Waals surface area contributed by atoms with Gasteiger partial charge in [-0.05, 0) is 18.6 Å². The summed E-state index contributed by atoms with van der Waals surface area (Å²) in [5.74, 6) is -3.09. The number of ether oxygens (including phenoxy) is 1. The molecule has 0 aliphatic carbocycles. The Morgan fingerprint density at radius 1 is 1.29 bits per heavy atom. The van der Waals surface area contributed by atoms with Gasteiger partial charge in [-0.15, -0.1) is 0 Å².